The van der Waals surface area contributed by atoms with Crippen LogP contribution in [0.15, 0.2) is 9.85 Å². The lowest BCUT2D eigenvalue weighted by Crippen LogP contribution is -2.02. The first-order valence-electron chi connectivity index (χ1n) is 3.98. The molecule has 1 aromatic heterocycles. The highest BCUT2D eigenvalue weighted by Crippen LogP contribution is 2.33. The van der Waals surface area contributed by atoms with Gasteiger partial charge in [0.2, 0.25) is 0 Å². The van der Waals surface area contributed by atoms with E-state index in [1.54, 1.807) is 11.3 Å². The van der Waals surface area contributed by atoms with E-state index in [0.717, 1.165) is 8.66 Å². The molecule has 2 nitrogen and oxygen atoms in total. The van der Waals surface area contributed by atoms with Gasteiger partial charge < -0.3 is 5.11 Å². The van der Waals surface area contributed by atoms with Crippen molar-refractivity contribution in [1.82, 2.24) is 0 Å². The zero-order valence-corrected chi connectivity index (χ0v) is 9.91. The zero-order valence-electron chi connectivity index (χ0n) is 7.50. The van der Waals surface area contributed by atoms with Gasteiger partial charge in [0.1, 0.15) is 0 Å². The third-order valence-electron chi connectivity index (χ3n) is 1.85. The Morgan fingerprint density at radius 1 is 1.77 bits per heavy atom. The maximum absolute atomic E-state index is 10.5. The van der Waals surface area contributed by atoms with E-state index in [1.165, 1.54) is 5.56 Å². The first-order valence-corrected chi connectivity index (χ1v) is 5.59. The first kappa shape index (κ1) is 10.7. The van der Waals surface area contributed by atoms with Crippen LogP contribution in [-0.4, -0.2) is 11.1 Å². The Labute approximate surface area is 89.7 Å². The van der Waals surface area contributed by atoms with E-state index in [2.05, 4.69) is 15.9 Å². The van der Waals surface area contributed by atoms with E-state index in [0.29, 0.717) is 0 Å². The van der Waals surface area contributed by atoms with Crippen molar-refractivity contribution < 1.29 is 9.90 Å². The molecule has 0 amide bonds. The number of hydrogen-bond donors (Lipinski definition) is 1. The fraction of sp³-hybridized carbons (Fsp3) is 0.444. The van der Waals surface area contributed by atoms with E-state index >= 15 is 0 Å². The molecule has 4 heteroatoms. The molecule has 72 valence electrons. The summed E-state index contributed by atoms with van der Waals surface area (Å²) >= 11 is 5.01. The number of aliphatic carboxylic acids is 1. The second-order valence-electron chi connectivity index (χ2n) is 3.10. The number of carboxylic acid groups (broad SMARTS) is 1. The lowest BCUT2D eigenvalue weighted by Gasteiger charge is -2.06. The maximum atomic E-state index is 10.5. The van der Waals surface area contributed by atoms with Crippen molar-refractivity contribution in [3.63, 3.8) is 0 Å². The molecular weight excluding hydrogens is 252 g/mol. The summed E-state index contributed by atoms with van der Waals surface area (Å²) < 4.78 is 1.07. The fourth-order valence-corrected chi connectivity index (χ4v) is 3.12. The number of halogens is 1. The van der Waals surface area contributed by atoms with Gasteiger partial charge in [-0.1, -0.05) is 6.92 Å². The smallest absolute Gasteiger partial charge is 0.303 e. The summed E-state index contributed by atoms with van der Waals surface area (Å²) in [6, 6.07) is 2.03. The third-order valence-corrected chi connectivity index (χ3v) is 3.83. The Hall–Kier alpha value is -0.350. The summed E-state index contributed by atoms with van der Waals surface area (Å²) in [6.07, 6.45) is 0.202. The molecule has 1 N–H and O–H groups in total. The van der Waals surface area contributed by atoms with Crippen LogP contribution in [0.5, 0.6) is 0 Å². The molecule has 0 saturated carbocycles. The van der Waals surface area contributed by atoms with E-state index in [4.69, 9.17) is 5.11 Å². The second kappa shape index (κ2) is 4.24. The van der Waals surface area contributed by atoms with Gasteiger partial charge in [-0.3, -0.25) is 4.79 Å². The van der Waals surface area contributed by atoms with Crippen molar-refractivity contribution in [2.24, 2.45) is 0 Å². The minimum Gasteiger partial charge on any atom is -0.481 e. The monoisotopic (exact) mass is 262 g/mol. The predicted molar refractivity (Wildman–Crippen MR) is 57.4 cm³/mol. The molecule has 13 heavy (non-hydrogen) atoms. The van der Waals surface area contributed by atoms with E-state index in [9.17, 15) is 4.79 Å². The van der Waals surface area contributed by atoms with Crippen LogP contribution < -0.4 is 0 Å². The number of carbonyl (C=O) groups is 1. The standard InChI is InChI=1S/C9H11BrO2S/c1-5-3-7(10)13-9(5)6(2)4-8(11)12/h3,6H,4H2,1-2H3,(H,11,12). The van der Waals surface area contributed by atoms with Crippen molar-refractivity contribution in [2.45, 2.75) is 26.2 Å². The summed E-state index contributed by atoms with van der Waals surface area (Å²) in [7, 11) is 0. The number of rotatable bonds is 3. The lowest BCUT2D eigenvalue weighted by molar-refractivity contribution is -0.137. The highest BCUT2D eigenvalue weighted by Gasteiger charge is 2.14. The van der Waals surface area contributed by atoms with Gasteiger partial charge in [0.15, 0.2) is 0 Å². The highest BCUT2D eigenvalue weighted by molar-refractivity contribution is 9.11. The molecule has 0 bridgehead atoms. The molecule has 1 rings (SSSR count). The SMILES string of the molecule is Cc1cc(Br)sc1C(C)CC(=O)O. The fourth-order valence-electron chi connectivity index (χ4n) is 1.30. The van der Waals surface area contributed by atoms with E-state index < -0.39 is 5.97 Å². The van der Waals surface area contributed by atoms with Gasteiger partial charge >= 0.3 is 5.97 Å². The van der Waals surface area contributed by atoms with Crippen LogP contribution in [0.3, 0.4) is 0 Å². The Morgan fingerprint density at radius 2 is 2.38 bits per heavy atom. The molecule has 1 atom stereocenters. The molecule has 0 fully saturated rings. The van der Waals surface area contributed by atoms with Gasteiger partial charge in [-0.05, 0) is 34.5 Å². The summed E-state index contributed by atoms with van der Waals surface area (Å²) in [5.74, 6) is -0.634. The van der Waals surface area contributed by atoms with Crippen LogP contribution in [0, 0.1) is 6.92 Å². The summed E-state index contributed by atoms with van der Waals surface area (Å²) in [5.41, 5.74) is 1.17. The molecule has 0 saturated heterocycles. The van der Waals surface area contributed by atoms with Crippen LogP contribution >= 0.6 is 27.3 Å². The normalized spacial score (nSPS) is 12.8. The maximum Gasteiger partial charge on any atom is 0.303 e. The highest BCUT2D eigenvalue weighted by atomic mass is 79.9. The topological polar surface area (TPSA) is 37.3 Å². The molecule has 1 unspecified atom stereocenters. The lowest BCUT2D eigenvalue weighted by atomic mass is 10.0. The van der Waals surface area contributed by atoms with Crippen LogP contribution in [0.25, 0.3) is 0 Å². The molecule has 0 aromatic carbocycles. The number of aryl methyl sites for hydroxylation is 1. The van der Waals surface area contributed by atoms with Crippen molar-refractivity contribution in [1.29, 1.82) is 0 Å². The Kier molecular flexibility index (Phi) is 3.50. The Bertz CT molecular complexity index is 319. The van der Waals surface area contributed by atoms with Crippen molar-refractivity contribution in [2.75, 3.05) is 0 Å². The zero-order chi connectivity index (χ0) is 10.0. The molecule has 0 aliphatic heterocycles. The van der Waals surface area contributed by atoms with Crippen molar-refractivity contribution >= 4 is 33.2 Å². The summed E-state index contributed by atoms with van der Waals surface area (Å²) in [5, 5.41) is 8.64. The average Bonchev–Trinajstić information content (AvgIpc) is 2.28. The van der Waals surface area contributed by atoms with Gasteiger partial charge in [0, 0.05) is 10.8 Å². The number of hydrogen-bond acceptors (Lipinski definition) is 2. The van der Waals surface area contributed by atoms with Gasteiger partial charge in [-0.15, -0.1) is 11.3 Å². The molecule has 0 radical (unpaired) electrons. The van der Waals surface area contributed by atoms with Gasteiger partial charge in [0.25, 0.3) is 0 Å². The third kappa shape index (κ3) is 2.81. The predicted octanol–water partition coefficient (Wildman–Crippen LogP) is 3.40. The van der Waals surface area contributed by atoms with Crippen molar-refractivity contribution in [3.8, 4) is 0 Å². The summed E-state index contributed by atoms with van der Waals surface area (Å²) in [4.78, 5) is 11.7. The Balaban J connectivity index is 2.81. The van der Waals surface area contributed by atoms with Gasteiger partial charge in [0.05, 0.1) is 10.2 Å². The average molecular weight is 263 g/mol. The Morgan fingerprint density at radius 3 is 2.77 bits per heavy atom. The van der Waals surface area contributed by atoms with E-state index in [1.807, 2.05) is 19.9 Å². The molecule has 0 spiro atoms. The molecule has 1 aromatic rings. The van der Waals surface area contributed by atoms with Crippen LogP contribution in [0.4, 0.5) is 0 Å². The minimum atomic E-state index is -0.739. The minimum absolute atomic E-state index is 0.105. The molecule has 0 aliphatic carbocycles. The van der Waals surface area contributed by atoms with Gasteiger partial charge in [-0.25, -0.2) is 0 Å². The number of thiophene rings is 1. The van der Waals surface area contributed by atoms with E-state index in [-0.39, 0.29) is 12.3 Å². The molecule has 1 heterocycles. The number of carboxylic acids is 1. The van der Waals surface area contributed by atoms with Gasteiger partial charge in [-0.2, -0.15) is 0 Å². The summed E-state index contributed by atoms with van der Waals surface area (Å²) in [6.45, 7) is 3.95. The van der Waals surface area contributed by atoms with Crippen LogP contribution in [0.2, 0.25) is 0 Å². The second-order valence-corrected chi connectivity index (χ2v) is 5.56. The van der Waals surface area contributed by atoms with Crippen LogP contribution in [0.1, 0.15) is 29.7 Å². The quantitative estimate of drug-likeness (QED) is 0.907. The molecule has 0 aliphatic rings. The first-order chi connectivity index (χ1) is 6.00. The van der Waals surface area contributed by atoms with Crippen LogP contribution in [-0.2, 0) is 4.79 Å². The largest absolute Gasteiger partial charge is 0.481 e. The van der Waals surface area contributed by atoms with Crippen molar-refractivity contribution in [3.05, 3.63) is 20.3 Å². The molecular formula is C9H11BrO2S.